The second kappa shape index (κ2) is 4.33. The zero-order chi connectivity index (χ0) is 11.5. The molecule has 3 nitrogen and oxygen atoms in total. The molecule has 0 bridgehead atoms. The number of benzene rings is 2. The van der Waals surface area contributed by atoms with Gasteiger partial charge >= 0.3 is 0 Å². The number of hydrogen-bond acceptors (Lipinski definition) is 2. The quantitative estimate of drug-likeness (QED) is 0.816. The first-order valence-corrected chi connectivity index (χ1v) is 5.20. The van der Waals surface area contributed by atoms with Crippen LogP contribution in [0.1, 0.15) is 18.0 Å². The van der Waals surface area contributed by atoms with Crippen LogP contribution in [0.2, 0.25) is 0 Å². The third kappa shape index (κ3) is 2.04. The molecule has 1 unspecified atom stereocenters. The second-order valence-electron chi connectivity index (χ2n) is 3.85. The lowest BCUT2D eigenvalue weighted by molar-refractivity contribution is -0.118. The van der Waals surface area contributed by atoms with Crippen LogP contribution in [0.4, 0.5) is 0 Å². The van der Waals surface area contributed by atoms with Crippen molar-refractivity contribution in [3.63, 3.8) is 0 Å². The van der Waals surface area contributed by atoms with E-state index >= 15 is 0 Å². The lowest BCUT2D eigenvalue weighted by atomic mass is 9.97. The molecule has 82 valence electrons. The minimum absolute atomic E-state index is 0.175. The van der Waals surface area contributed by atoms with E-state index in [0.29, 0.717) is 0 Å². The van der Waals surface area contributed by atoms with Crippen LogP contribution in [0.15, 0.2) is 42.5 Å². The minimum atomic E-state index is -0.375. The maximum Gasteiger partial charge on any atom is 0.219 e. The summed E-state index contributed by atoms with van der Waals surface area (Å²) in [5, 5.41) is 2.21. The van der Waals surface area contributed by atoms with Crippen LogP contribution in [0.25, 0.3) is 10.8 Å². The molecule has 2 aromatic carbocycles. The molecule has 3 heteroatoms. The van der Waals surface area contributed by atoms with Gasteiger partial charge < -0.3 is 11.5 Å². The van der Waals surface area contributed by atoms with Gasteiger partial charge in [-0.25, -0.2) is 0 Å². The van der Waals surface area contributed by atoms with Gasteiger partial charge in [-0.1, -0.05) is 42.5 Å². The first kappa shape index (κ1) is 10.6. The van der Waals surface area contributed by atoms with Crippen molar-refractivity contribution in [3.8, 4) is 0 Å². The highest BCUT2D eigenvalue weighted by atomic mass is 16.1. The smallest absolute Gasteiger partial charge is 0.219 e. The Morgan fingerprint density at radius 3 is 2.56 bits per heavy atom. The fourth-order valence-electron chi connectivity index (χ4n) is 1.90. The molecule has 0 aliphatic carbocycles. The number of carbonyl (C=O) groups excluding carboxylic acids is 1. The average molecular weight is 214 g/mol. The van der Waals surface area contributed by atoms with Crippen LogP contribution >= 0.6 is 0 Å². The van der Waals surface area contributed by atoms with Gasteiger partial charge in [0, 0.05) is 12.5 Å². The topological polar surface area (TPSA) is 69.1 Å². The van der Waals surface area contributed by atoms with Crippen molar-refractivity contribution < 1.29 is 4.79 Å². The molecule has 1 atom stereocenters. The maximum atomic E-state index is 10.9. The Bertz CT molecular complexity index is 517. The molecular formula is C13H14N2O. The van der Waals surface area contributed by atoms with Crippen molar-refractivity contribution in [1.82, 2.24) is 0 Å². The van der Waals surface area contributed by atoms with E-state index in [1.807, 2.05) is 42.5 Å². The number of fused-ring (bicyclic) bond motifs is 1. The molecular weight excluding hydrogens is 200 g/mol. The molecule has 0 spiro atoms. The molecule has 1 amide bonds. The summed E-state index contributed by atoms with van der Waals surface area (Å²) < 4.78 is 0. The Morgan fingerprint density at radius 2 is 1.81 bits per heavy atom. The van der Waals surface area contributed by atoms with E-state index in [4.69, 9.17) is 11.5 Å². The minimum Gasteiger partial charge on any atom is -0.370 e. The number of amides is 1. The highest BCUT2D eigenvalue weighted by Gasteiger charge is 2.11. The number of hydrogen-bond donors (Lipinski definition) is 2. The molecule has 0 saturated carbocycles. The van der Waals surface area contributed by atoms with Crippen molar-refractivity contribution in [3.05, 3.63) is 48.0 Å². The molecule has 0 heterocycles. The lowest BCUT2D eigenvalue weighted by Crippen LogP contribution is -2.20. The summed E-state index contributed by atoms with van der Waals surface area (Å²) in [4.78, 5) is 10.9. The van der Waals surface area contributed by atoms with Crippen molar-refractivity contribution >= 4 is 16.7 Å². The van der Waals surface area contributed by atoms with Crippen molar-refractivity contribution in [1.29, 1.82) is 0 Å². The number of primary amides is 1. The van der Waals surface area contributed by atoms with Gasteiger partial charge in [0.15, 0.2) is 0 Å². The molecule has 0 saturated heterocycles. The standard InChI is InChI=1S/C13H14N2O/c14-12(8-13(15)16)11-7-3-5-9-4-1-2-6-10(9)11/h1-7,12H,8,14H2,(H2,15,16). The molecule has 0 aliphatic rings. The van der Waals surface area contributed by atoms with Gasteiger partial charge in [0.2, 0.25) is 5.91 Å². The first-order valence-electron chi connectivity index (χ1n) is 5.20. The molecule has 0 aliphatic heterocycles. The van der Waals surface area contributed by atoms with Crippen LogP contribution < -0.4 is 11.5 Å². The SMILES string of the molecule is NC(=O)CC(N)c1cccc2ccccc12. The molecule has 4 N–H and O–H groups in total. The van der Waals surface area contributed by atoms with E-state index in [1.54, 1.807) is 0 Å². The van der Waals surface area contributed by atoms with Crippen LogP contribution in [-0.4, -0.2) is 5.91 Å². The van der Waals surface area contributed by atoms with E-state index in [1.165, 1.54) is 0 Å². The van der Waals surface area contributed by atoms with E-state index < -0.39 is 0 Å². The van der Waals surface area contributed by atoms with Crippen LogP contribution in [0.3, 0.4) is 0 Å². The Hall–Kier alpha value is -1.87. The van der Waals surface area contributed by atoms with E-state index in [0.717, 1.165) is 16.3 Å². The van der Waals surface area contributed by atoms with Gasteiger partial charge in [-0.15, -0.1) is 0 Å². The van der Waals surface area contributed by atoms with Crippen LogP contribution in [-0.2, 0) is 4.79 Å². The van der Waals surface area contributed by atoms with E-state index in [2.05, 4.69) is 0 Å². The summed E-state index contributed by atoms with van der Waals surface area (Å²) >= 11 is 0. The molecule has 2 aromatic rings. The van der Waals surface area contributed by atoms with Gasteiger partial charge in [0.25, 0.3) is 0 Å². The lowest BCUT2D eigenvalue weighted by Gasteiger charge is -2.12. The summed E-state index contributed by atoms with van der Waals surface area (Å²) in [5.74, 6) is -0.375. The largest absolute Gasteiger partial charge is 0.370 e. The zero-order valence-corrected chi connectivity index (χ0v) is 8.89. The van der Waals surface area contributed by atoms with Crippen molar-refractivity contribution in [2.75, 3.05) is 0 Å². The Morgan fingerprint density at radius 1 is 1.12 bits per heavy atom. The highest BCUT2D eigenvalue weighted by molar-refractivity contribution is 5.86. The summed E-state index contributed by atoms with van der Waals surface area (Å²) in [5.41, 5.74) is 12.1. The molecule has 2 rings (SSSR count). The van der Waals surface area contributed by atoms with Gasteiger partial charge in [0.05, 0.1) is 0 Å². The summed E-state index contributed by atoms with van der Waals surface area (Å²) in [6, 6.07) is 13.5. The molecule has 0 fully saturated rings. The molecule has 0 radical (unpaired) electrons. The third-order valence-corrected chi connectivity index (χ3v) is 2.64. The number of rotatable bonds is 3. The maximum absolute atomic E-state index is 10.9. The zero-order valence-electron chi connectivity index (χ0n) is 8.89. The average Bonchev–Trinajstić information content (AvgIpc) is 2.27. The van der Waals surface area contributed by atoms with Crippen molar-refractivity contribution in [2.24, 2.45) is 11.5 Å². The number of nitrogens with two attached hydrogens (primary N) is 2. The Labute approximate surface area is 94.0 Å². The summed E-state index contributed by atoms with van der Waals surface area (Å²) in [6.45, 7) is 0. The number of carbonyl (C=O) groups is 1. The second-order valence-corrected chi connectivity index (χ2v) is 3.85. The van der Waals surface area contributed by atoms with E-state index in [9.17, 15) is 4.79 Å². The van der Waals surface area contributed by atoms with E-state index in [-0.39, 0.29) is 18.4 Å². The fraction of sp³-hybridized carbons (Fsp3) is 0.154. The van der Waals surface area contributed by atoms with Crippen LogP contribution in [0, 0.1) is 0 Å². The Kier molecular flexibility index (Phi) is 2.88. The van der Waals surface area contributed by atoms with Crippen LogP contribution in [0.5, 0.6) is 0 Å². The summed E-state index contributed by atoms with van der Waals surface area (Å²) in [7, 11) is 0. The first-order chi connectivity index (χ1) is 7.68. The normalized spacial score (nSPS) is 12.6. The monoisotopic (exact) mass is 214 g/mol. The van der Waals surface area contributed by atoms with Gasteiger partial charge in [0.1, 0.15) is 0 Å². The predicted molar refractivity (Wildman–Crippen MR) is 64.7 cm³/mol. The fourth-order valence-corrected chi connectivity index (χ4v) is 1.90. The molecule has 16 heavy (non-hydrogen) atoms. The van der Waals surface area contributed by atoms with Crippen molar-refractivity contribution in [2.45, 2.75) is 12.5 Å². The van der Waals surface area contributed by atoms with Gasteiger partial charge in [-0.2, -0.15) is 0 Å². The summed E-state index contributed by atoms with van der Waals surface area (Å²) in [6.07, 6.45) is 0.175. The molecule has 0 aromatic heterocycles. The van der Waals surface area contributed by atoms with Gasteiger partial charge in [-0.3, -0.25) is 4.79 Å². The van der Waals surface area contributed by atoms with Gasteiger partial charge in [-0.05, 0) is 16.3 Å². The predicted octanol–water partition coefficient (Wildman–Crippen LogP) is 1.71. The third-order valence-electron chi connectivity index (χ3n) is 2.64. The highest BCUT2D eigenvalue weighted by Crippen LogP contribution is 2.24. The Balaban J connectivity index is 2.47.